The smallest absolute Gasteiger partial charge is 0.00856 e. The van der Waals surface area contributed by atoms with Gasteiger partial charge in [-0.3, -0.25) is 0 Å². The van der Waals surface area contributed by atoms with Crippen LogP contribution in [0.25, 0.3) is 0 Å². The molecule has 0 saturated heterocycles. The Hall–Kier alpha value is -0.260. The summed E-state index contributed by atoms with van der Waals surface area (Å²) < 4.78 is 0. The van der Waals surface area contributed by atoms with Gasteiger partial charge >= 0.3 is 0 Å². The van der Waals surface area contributed by atoms with Crippen LogP contribution in [0.5, 0.6) is 0 Å². The lowest BCUT2D eigenvalue weighted by Crippen LogP contribution is -2.32. The standard InChI is InChI=1S/C13H22/c1-4-11-7-8-12-10(2)6-5-9-13(11,12)3/h4,10,12H,5-9H2,1-3H3/b11-4-/t10-,12-,13+/m0/s1. The lowest BCUT2D eigenvalue weighted by atomic mass is 9.63. The van der Waals surface area contributed by atoms with E-state index >= 15 is 0 Å². The summed E-state index contributed by atoms with van der Waals surface area (Å²) in [6, 6.07) is 0. The van der Waals surface area contributed by atoms with E-state index in [0.29, 0.717) is 5.41 Å². The fourth-order valence-electron chi connectivity index (χ4n) is 3.88. The molecule has 0 bridgehead atoms. The molecule has 0 aliphatic heterocycles. The fraction of sp³-hybridized carbons (Fsp3) is 0.846. The molecule has 2 saturated carbocycles. The highest BCUT2D eigenvalue weighted by Crippen LogP contribution is 2.56. The van der Waals surface area contributed by atoms with Gasteiger partial charge in [0, 0.05) is 0 Å². The Bertz CT molecular complexity index is 226. The molecule has 0 heterocycles. The lowest BCUT2D eigenvalue weighted by molar-refractivity contribution is 0.127. The van der Waals surface area contributed by atoms with E-state index in [1.165, 1.54) is 32.1 Å². The molecular weight excluding hydrogens is 156 g/mol. The minimum atomic E-state index is 0.590. The molecule has 0 aromatic rings. The van der Waals surface area contributed by atoms with Gasteiger partial charge in [-0.15, -0.1) is 0 Å². The Labute approximate surface area is 82.4 Å². The molecule has 0 N–H and O–H groups in total. The maximum atomic E-state index is 2.51. The van der Waals surface area contributed by atoms with Crippen LogP contribution in [0.2, 0.25) is 0 Å². The summed E-state index contributed by atoms with van der Waals surface area (Å²) in [4.78, 5) is 0. The van der Waals surface area contributed by atoms with Crippen molar-refractivity contribution < 1.29 is 0 Å². The zero-order chi connectivity index (χ0) is 9.47. The van der Waals surface area contributed by atoms with Gasteiger partial charge in [0.25, 0.3) is 0 Å². The second kappa shape index (κ2) is 3.15. The van der Waals surface area contributed by atoms with Crippen molar-refractivity contribution in [1.29, 1.82) is 0 Å². The van der Waals surface area contributed by atoms with Crippen LogP contribution >= 0.6 is 0 Å². The highest BCUT2D eigenvalue weighted by atomic mass is 14.5. The first kappa shape index (κ1) is 9.30. The maximum absolute atomic E-state index is 2.51. The SMILES string of the molecule is C/C=C1/CC[C@H]2[C@@H](C)CCC[C@]12C. The van der Waals surface area contributed by atoms with Crippen LogP contribution in [0.15, 0.2) is 11.6 Å². The molecule has 0 aromatic heterocycles. The molecular formula is C13H22. The monoisotopic (exact) mass is 178 g/mol. The summed E-state index contributed by atoms with van der Waals surface area (Å²) >= 11 is 0. The van der Waals surface area contributed by atoms with Crippen molar-refractivity contribution in [2.24, 2.45) is 17.3 Å². The first-order valence-electron chi connectivity index (χ1n) is 5.84. The second-order valence-corrected chi connectivity index (χ2v) is 5.25. The molecule has 0 aromatic carbocycles. The summed E-state index contributed by atoms with van der Waals surface area (Å²) in [6.07, 6.45) is 9.59. The van der Waals surface area contributed by atoms with Gasteiger partial charge in [-0.05, 0) is 43.4 Å². The Morgan fingerprint density at radius 2 is 2.15 bits per heavy atom. The fourth-order valence-corrected chi connectivity index (χ4v) is 3.88. The van der Waals surface area contributed by atoms with Crippen molar-refractivity contribution in [2.75, 3.05) is 0 Å². The number of rotatable bonds is 0. The van der Waals surface area contributed by atoms with Crippen molar-refractivity contribution in [3.8, 4) is 0 Å². The van der Waals surface area contributed by atoms with E-state index in [-0.39, 0.29) is 0 Å². The number of fused-ring (bicyclic) bond motifs is 1. The second-order valence-electron chi connectivity index (χ2n) is 5.25. The van der Waals surface area contributed by atoms with Gasteiger partial charge in [-0.2, -0.15) is 0 Å². The molecule has 0 radical (unpaired) electrons. The molecule has 0 unspecified atom stereocenters. The van der Waals surface area contributed by atoms with Crippen molar-refractivity contribution in [3.63, 3.8) is 0 Å². The van der Waals surface area contributed by atoms with Crippen LogP contribution in [-0.2, 0) is 0 Å². The topological polar surface area (TPSA) is 0 Å². The highest BCUT2D eigenvalue weighted by Gasteiger charge is 2.46. The molecule has 0 heteroatoms. The van der Waals surface area contributed by atoms with Crippen molar-refractivity contribution in [3.05, 3.63) is 11.6 Å². The Kier molecular flexibility index (Phi) is 2.25. The predicted molar refractivity (Wildman–Crippen MR) is 57.6 cm³/mol. The van der Waals surface area contributed by atoms with Crippen molar-refractivity contribution >= 4 is 0 Å². The third-order valence-corrected chi connectivity index (χ3v) is 4.67. The minimum absolute atomic E-state index is 0.590. The summed E-state index contributed by atoms with van der Waals surface area (Å²) in [5.74, 6) is 1.96. The van der Waals surface area contributed by atoms with Gasteiger partial charge in [0.05, 0.1) is 0 Å². The molecule has 2 aliphatic carbocycles. The molecule has 0 amide bonds. The molecule has 2 fully saturated rings. The van der Waals surface area contributed by atoms with Gasteiger partial charge in [0.15, 0.2) is 0 Å². The van der Waals surface area contributed by atoms with E-state index in [1.807, 2.05) is 0 Å². The zero-order valence-corrected chi connectivity index (χ0v) is 9.27. The first-order chi connectivity index (χ1) is 6.18. The average molecular weight is 178 g/mol. The number of allylic oxidation sites excluding steroid dienone is 2. The molecule has 2 aliphatic rings. The van der Waals surface area contributed by atoms with E-state index in [2.05, 4.69) is 26.8 Å². The molecule has 0 nitrogen and oxygen atoms in total. The Balaban J connectivity index is 2.28. The molecule has 74 valence electrons. The Morgan fingerprint density at radius 3 is 2.85 bits per heavy atom. The summed E-state index contributed by atoms with van der Waals surface area (Å²) in [7, 11) is 0. The normalized spacial score (nSPS) is 48.1. The lowest BCUT2D eigenvalue weighted by Gasteiger charge is -2.41. The average Bonchev–Trinajstić information content (AvgIpc) is 2.43. The van der Waals surface area contributed by atoms with Crippen LogP contribution in [0.1, 0.15) is 52.9 Å². The number of hydrogen-bond donors (Lipinski definition) is 0. The summed E-state index contributed by atoms with van der Waals surface area (Å²) in [6.45, 7) is 7.19. The van der Waals surface area contributed by atoms with Crippen molar-refractivity contribution in [2.45, 2.75) is 52.9 Å². The summed E-state index contributed by atoms with van der Waals surface area (Å²) in [5, 5.41) is 0. The van der Waals surface area contributed by atoms with Crippen LogP contribution in [0, 0.1) is 17.3 Å². The van der Waals surface area contributed by atoms with Crippen LogP contribution < -0.4 is 0 Å². The number of hydrogen-bond acceptors (Lipinski definition) is 0. The summed E-state index contributed by atoms with van der Waals surface area (Å²) in [5.41, 5.74) is 2.34. The van der Waals surface area contributed by atoms with E-state index in [9.17, 15) is 0 Å². The first-order valence-corrected chi connectivity index (χ1v) is 5.84. The van der Waals surface area contributed by atoms with Crippen LogP contribution in [0.4, 0.5) is 0 Å². The highest BCUT2D eigenvalue weighted by molar-refractivity contribution is 5.21. The quantitative estimate of drug-likeness (QED) is 0.488. The van der Waals surface area contributed by atoms with E-state index in [4.69, 9.17) is 0 Å². The zero-order valence-electron chi connectivity index (χ0n) is 9.27. The maximum Gasteiger partial charge on any atom is -0.00856 e. The minimum Gasteiger partial charge on any atom is -0.0879 e. The molecule has 3 atom stereocenters. The van der Waals surface area contributed by atoms with Gasteiger partial charge in [-0.25, -0.2) is 0 Å². The van der Waals surface area contributed by atoms with E-state index < -0.39 is 0 Å². The third kappa shape index (κ3) is 1.26. The predicted octanol–water partition coefficient (Wildman–Crippen LogP) is 4.17. The van der Waals surface area contributed by atoms with Crippen LogP contribution in [0.3, 0.4) is 0 Å². The van der Waals surface area contributed by atoms with Gasteiger partial charge in [0.1, 0.15) is 0 Å². The van der Waals surface area contributed by atoms with Gasteiger partial charge < -0.3 is 0 Å². The van der Waals surface area contributed by atoms with Crippen LogP contribution in [-0.4, -0.2) is 0 Å². The van der Waals surface area contributed by atoms with Gasteiger partial charge in [-0.1, -0.05) is 38.3 Å². The van der Waals surface area contributed by atoms with E-state index in [1.54, 1.807) is 5.57 Å². The third-order valence-electron chi connectivity index (χ3n) is 4.67. The Morgan fingerprint density at radius 1 is 1.38 bits per heavy atom. The largest absolute Gasteiger partial charge is 0.0879 e. The molecule has 2 rings (SSSR count). The molecule has 13 heavy (non-hydrogen) atoms. The molecule has 0 spiro atoms. The van der Waals surface area contributed by atoms with Crippen molar-refractivity contribution in [1.82, 2.24) is 0 Å². The van der Waals surface area contributed by atoms with E-state index in [0.717, 1.165) is 11.8 Å². The van der Waals surface area contributed by atoms with Gasteiger partial charge in [0.2, 0.25) is 0 Å².